The SMILES string of the molecule is COC(C)C(C)Nc1ccc(CS(N)(=O)=O)cc1. The fraction of sp³-hybridized carbons (Fsp3) is 0.500. The molecule has 1 rings (SSSR count). The second-order valence-corrected chi connectivity index (χ2v) is 5.99. The summed E-state index contributed by atoms with van der Waals surface area (Å²) in [7, 11) is -1.81. The molecule has 0 radical (unpaired) electrons. The number of nitrogens with one attached hydrogen (secondary N) is 1. The predicted octanol–water partition coefficient (Wildman–Crippen LogP) is 1.31. The quantitative estimate of drug-likeness (QED) is 0.818. The van der Waals surface area contributed by atoms with Gasteiger partial charge in [-0.3, -0.25) is 0 Å². The molecule has 2 atom stereocenters. The number of hydrogen-bond donors (Lipinski definition) is 2. The van der Waals surface area contributed by atoms with E-state index < -0.39 is 10.0 Å². The normalized spacial score (nSPS) is 15.1. The average Bonchev–Trinajstić information content (AvgIpc) is 2.28. The number of ether oxygens (including phenoxy) is 1. The molecule has 6 heteroatoms. The second-order valence-electron chi connectivity index (χ2n) is 4.38. The van der Waals surface area contributed by atoms with E-state index in [1.165, 1.54) is 0 Å². The van der Waals surface area contributed by atoms with E-state index in [0.717, 1.165) is 5.69 Å². The van der Waals surface area contributed by atoms with Crippen molar-refractivity contribution in [3.63, 3.8) is 0 Å². The molecule has 0 fully saturated rings. The van der Waals surface area contributed by atoms with Gasteiger partial charge in [0.25, 0.3) is 0 Å². The van der Waals surface area contributed by atoms with Crippen molar-refractivity contribution in [3.05, 3.63) is 29.8 Å². The van der Waals surface area contributed by atoms with Crippen LogP contribution < -0.4 is 10.5 Å². The third-order valence-corrected chi connectivity index (χ3v) is 3.53. The zero-order chi connectivity index (χ0) is 13.8. The van der Waals surface area contributed by atoms with Crippen LogP contribution in [-0.4, -0.2) is 27.7 Å². The molecule has 0 heterocycles. The topological polar surface area (TPSA) is 81.4 Å². The average molecular weight is 272 g/mol. The van der Waals surface area contributed by atoms with Crippen molar-refractivity contribution in [2.24, 2.45) is 5.14 Å². The van der Waals surface area contributed by atoms with Crippen molar-refractivity contribution in [1.29, 1.82) is 0 Å². The summed E-state index contributed by atoms with van der Waals surface area (Å²) in [5.74, 6) is -0.142. The number of benzene rings is 1. The fourth-order valence-electron chi connectivity index (χ4n) is 1.51. The molecule has 1 aromatic carbocycles. The summed E-state index contributed by atoms with van der Waals surface area (Å²) in [6.45, 7) is 4.00. The smallest absolute Gasteiger partial charge is 0.213 e. The molecule has 0 saturated heterocycles. The third kappa shape index (κ3) is 5.03. The van der Waals surface area contributed by atoms with Crippen LogP contribution in [-0.2, 0) is 20.5 Å². The van der Waals surface area contributed by atoms with E-state index in [1.54, 1.807) is 19.2 Å². The Balaban J connectivity index is 2.66. The minimum Gasteiger partial charge on any atom is -0.380 e. The largest absolute Gasteiger partial charge is 0.380 e. The zero-order valence-electron chi connectivity index (χ0n) is 10.9. The van der Waals surface area contributed by atoms with Crippen LogP contribution in [0.4, 0.5) is 5.69 Å². The Morgan fingerprint density at radius 3 is 2.28 bits per heavy atom. The summed E-state index contributed by atoms with van der Waals surface area (Å²) in [6, 6.07) is 7.33. The Morgan fingerprint density at radius 1 is 1.28 bits per heavy atom. The van der Waals surface area contributed by atoms with Crippen molar-refractivity contribution in [2.45, 2.75) is 31.7 Å². The van der Waals surface area contributed by atoms with E-state index in [0.29, 0.717) is 5.56 Å². The van der Waals surface area contributed by atoms with Crippen LogP contribution in [0.1, 0.15) is 19.4 Å². The van der Waals surface area contributed by atoms with Gasteiger partial charge in [-0.25, -0.2) is 13.6 Å². The minimum absolute atomic E-state index is 0.0918. The van der Waals surface area contributed by atoms with Gasteiger partial charge >= 0.3 is 0 Å². The number of methoxy groups -OCH3 is 1. The number of rotatable bonds is 6. The Morgan fingerprint density at radius 2 is 1.83 bits per heavy atom. The van der Waals surface area contributed by atoms with Gasteiger partial charge in [0.2, 0.25) is 10.0 Å². The van der Waals surface area contributed by atoms with Crippen LogP contribution in [0.15, 0.2) is 24.3 Å². The number of sulfonamides is 1. The molecule has 3 N–H and O–H groups in total. The summed E-state index contributed by atoms with van der Waals surface area (Å²) in [6.07, 6.45) is 0.0918. The highest BCUT2D eigenvalue weighted by Gasteiger charge is 2.10. The molecule has 0 aliphatic carbocycles. The van der Waals surface area contributed by atoms with Crippen LogP contribution in [0.3, 0.4) is 0 Å². The van der Waals surface area contributed by atoms with Gasteiger partial charge < -0.3 is 10.1 Å². The van der Waals surface area contributed by atoms with Crippen LogP contribution in [0.25, 0.3) is 0 Å². The number of hydrogen-bond acceptors (Lipinski definition) is 4. The maximum absolute atomic E-state index is 10.9. The molecule has 0 spiro atoms. The van der Waals surface area contributed by atoms with Crippen molar-refractivity contribution in [1.82, 2.24) is 0 Å². The molecule has 0 aliphatic heterocycles. The van der Waals surface area contributed by atoms with E-state index in [-0.39, 0.29) is 17.9 Å². The standard InChI is InChI=1S/C12H20N2O3S/c1-9(10(2)17-3)14-12-6-4-11(5-7-12)8-18(13,15)16/h4-7,9-10,14H,8H2,1-3H3,(H2,13,15,16). The number of anilines is 1. The lowest BCUT2D eigenvalue weighted by Crippen LogP contribution is -2.29. The Bertz CT molecular complexity index is 471. The van der Waals surface area contributed by atoms with Crippen LogP contribution in [0.5, 0.6) is 0 Å². The maximum Gasteiger partial charge on any atom is 0.213 e. The summed E-state index contributed by atoms with van der Waals surface area (Å²) in [4.78, 5) is 0. The van der Waals surface area contributed by atoms with Crippen molar-refractivity contribution in [3.8, 4) is 0 Å². The van der Waals surface area contributed by atoms with Gasteiger partial charge in [-0.2, -0.15) is 0 Å². The first kappa shape index (κ1) is 14.9. The van der Waals surface area contributed by atoms with Crippen LogP contribution >= 0.6 is 0 Å². The number of nitrogens with two attached hydrogens (primary N) is 1. The minimum atomic E-state index is -3.47. The van der Waals surface area contributed by atoms with Gasteiger partial charge in [0, 0.05) is 18.8 Å². The lowest BCUT2D eigenvalue weighted by atomic mass is 10.2. The van der Waals surface area contributed by atoms with Gasteiger partial charge in [-0.05, 0) is 31.5 Å². The Hall–Kier alpha value is -1.11. The van der Waals surface area contributed by atoms with E-state index in [4.69, 9.17) is 9.88 Å². The fourth-order valence-corrected chi connectivity index (χ4v) is 2.17. The number of primary sulfonamides is 1. The van der Waals surface area contributed by atoms with Crippen LogP contribution in [0, 0.1) is 0 Å². The molecule has 18 heavy (non-hydrogen) atoms. The highest BCUT2D eigenvalue weighted by Crippen LogP contribution is 2.13. The molecular weight excluding hydrogens is 252 g/mol. The molecule has 0 aromatic heterocycles. The maximum atomic E-state index is 10.9. The molecule has 0 aliphatic rings. The van der Waals surface area contributed by atoms with Gasteiger partial charge in [0.1, 0.15) is 0 Å². The molecule has 1 aromatic rings. The molecule has 5 nitrogen and oxygen atoms in total. The molecule has 0 bridgehead atoms. The van der Waals surface area contributed by atoms with E-state index in [1.807, 2.05) is 26.0 Å². The monoisotopic (exact) mass is 272 g/mol. The van der Waals surface area contributed by atoms with Crippen LogP contribution in [0.2, 0.25) is 0 Å². The van der Waals surface area contributed by atoms with Crippen molar-refractivity contribution in [2.75, 3.05) is 12.4 Å². The molecule has 0 amide bonds. The Labute approximate surface area is 108 Å². The first-order valence-electron chi connectivity index (χ1n) is 5.70. The van der Waals surface area contributed by atoms with E-state index in [2.05, 4.69) is 5.32 Å². The third-order valence-electron chi connectivity index (χ3n) is 2.79. The highest BCUT2D eigenvalue weighted by atomic mass is 32.2. The first-order chi connectivity index (χ1) is 8.31. The highest BCUT2D eigenvalue weighted by molar-refractivity contribution is 7.88. The Kier molecular flexibility index (Phi) is 5.13. The summed E-state index contributed by atoms with van der Waals surface area (Å²) in [5, 5.41) is 8.26. The molecule has 102 valence electrons. The van der Waals surface area contributed by atoms with Gasteiger partial charge in [-0.1, -0.05) is 12.1 Å². The molecular formula is C12H20N2O3S. The summed E-state index contributed by atoms with van der Waals surface area (Å²) in [5.41, 5.74) is 1.60. The van der Waals surface area contributed by atoms with Gasteiger partial charge in [0.05, 0.1) is 11.9 Å². The summed E-state index contributed by atoms with van der Waals surface area (Å²) < 4.78 is 27.1. The van der Waals surface area contributed by atoms with E-state index in [9.17, 15) is 8.42 Å². The lowest BCUT2D eigenvalue weighted by Gasteiger charge is -2.21. The summed E-state index contributed by atoms with van der Waals surface area (Å²) >= 11 is 0. The second kappa shape index (κ2) is 6.17. The first-order valence-corrected chi connectivity index (χ1v) is 7.42. The molecule has 2 unspecified atom stereocenters. The molecule has 0 saturated carbocycles. The van der Waals surface area contributed by atoms with Gasteiger partial charge in [0.15, 0.2) is 0 Å². The van der Waals surface area contributed by atoms with E-state index >= 15 is 0 Å². The van der Waals surface area contributed by atoms with Crippen molar-refractivity contribution >= 4 is 15.7 Å². The lowest BCUT2D eigenvalue weighted by molar-refractivity contribution is 0.106. The predicted molar refractivity (Wildman–Crippen MR) is 72.8 cm³/mol. The zero-order valence-corrected chi connectivity index (χ0v) is 11.7. The van der Waals surface area contributed by atoms with Gasteiger partial charge in [-0.15, -0.1) is 0 Å². The van der Waals surface area contributed by atoms with Crippen molar-refractivity contribution < 1.29 is 13.2 Å².